The second-order valence-corrected chi connectivity index (χ2v) is 4.57. The molecule has 5 heteroatoms. The predicted molar refractivity (Wildman–Crippen MR) is 67.7 cm³/mol. The number of hydrogen-bond donors (Lipinski definition) is 1. The monoisotopic (exact) mass is 240 g/mol. The number of aromatic nitrogens is 3. The van der Waals surface area contributed by atoms with E-state index in [0.717, 1.165) is 25.3 Å². The van der Waals surface area contributed by atoms with Crippen LogP contribution >= 0.6 is 0 Å². The maximum atomic E-state index is 9.06. The van der Waals surface area contributed by atoms with E-state index in [2.05, 4.69) is 35.8 Å². The summed E-state index contributed by atoms with van der Waals surface area (Å²) in [6, 6.07) is 0.328. The zero-order valence-corrected chi connectivity index (χ0v) is 11.1. The lowest BCUT2D eigenvalue weighted by Crippen LogP contribution is -2.29. The van der Waals surface area contributed by atoms with Crippen LogP contribution in [0.15, 0.2) is 6.33 Å². The summed E-state index contributed by atoms with van der Waals surface area (Å²) in [6.45, 7) is 9.03. The average Bonchev–Trinajstić information content (AvgIpc) is 2.74. The van der Waals surface area contributed by atoms with E-state index < -0.39 is 0 Å². The molecule has 1 heterocycles. The molecule has 1 aromatic heterocycles. The molecule has 0 aliphatic carbocycles. The zero-order valence-electron chi connectivity index (χ0n) is 11.1. The van der Waals surface area contributed by atoms with Gasteiger partial charge in [-0.1, -0.05) is 13.3 Å². The van der Waals surface area contributed by atoms with Crippen molar-refractivity contribution in [3.8, 4) is 0 Å². The summed E-state index contributed by atoms with van der Waals surface area (Å²) in [5.74, 6) is 0.976. The van der Waals surface area contributed by atoms with Crippen molar-refractivity contribution in [1.82, 2.24) is 19.7 Å². The molecule has 0 saturated heterocycles. The summed E-state index contributed by atoms with van der Waals surface area (Å²) < 4.78 is 1.94. The van der Waals surface area contributed by atoms with Gasteiger partial charge in [-0.15, -0.1) is 0 Å². The molecule has 0 atom stereocenters. The summed E-state index contributed by atoms with van der Waals surface area (Å²) in [4.78, 5) is 6.52. The molecule has 0 radical (unpaired) electrons. The number of aliphatic hydroxyl groups is 1. The van der Waals surface area contributed by atoms with Gasteiger partial charge in [-0.25, -0.2) is 9.67 Å². The second kappa shape index (κ2) is 7.40. The van der Waals surface area contributed by atoms with Crippen LogP contribution in [0, 0.1) is 0 Å². The molecule has 0 saturated carbocycles. The van der Waals surface area contributed by atoms with Gasteiger partial charge in [0.2, 0.25) is 0 Å². The van der Waals surface area contributed by atoms with Crippen LogP contribution in [0.25, 0.3) is 0 Å². The summed E-state index contributed by atoms with van der Waals surface area (Å²) in [6.07, 6.45) is 3.92. The van der Waals surface area contributed by atoms with E-state index >= 15 is 0 Å². The Morgan fingerprint density at radius 3 is 2.76 bits per heavy atom. The first-order valence-corrected chi connectivity index (χ1v) is 6.40. The Kier molecular flexibility index (Phi) is 6.15. The third kappa shape index (κ3) is 4.44. The van der Waals surface area contributed by atoms with E-state index in [1.54, 1.807) is 6.33 Å². The molecular formula is C12H24N4O. The highest BCUT2D eigenvalue weighted by Crippen LogP contribution is 2.08. The largest absolute Gasteiger partial charge is 0.395 e. The topological polar surface area (TPSA) is 54.2 Å². The maximum absolute atomic E-state index is 9.06. The quantitative estimate of drug-likeness (QED) is 0.747. The summed E-state index contributed by atoms with van der Waals surface area (Å²) in [5.41, 5.74) is 0. The van der Waals surface area contributed by atoms with Crippen molar-refractivity contribution >= 4 is 0 Å². The molecule has 0 fully saturated rings. The number of hydrogen-bond acceptors (Lipinski definition) is 4. The smallest absolute Gasteiger partial charge is 0.141 e. The zero-order chi connectivity index (χ0) is 12.7. The number of rotatable bonds is 8. The summed E-state index contributed by atoms with van der Waals surface area (Å²) in [5, 5.41) is 13.3. The highest BCUT2D eigenvalue weighted by Gasteiger charge is 2.12. The summed E-state index contributed by atoms with van der Waals surface area (Å²) >= 11 is 0. The third-order valence-electron chi connectivity index (χ3n) is 2.75. The number of nitrogens with zero attached hydrogens (tertiary/aromatic N) is 4. The Bertz CT molecular complexity index is 311. The fourth-order valence-electron chi connectivity index (χ4n) is 1.81. The standard InChI is InChI=1S/C12H24N4O/c1-4-5-6-15(7-8-17)9-12-13-10-14-16(12)11(2)3/h10-11,17H,4-9H2,1-3H3. The van der Waals surface area contributed by atoms with Gasteiger partial charge in [-0.2, -0.15) is 5.10 Å². The van der Waals surface area contributed by atoms with E-state index in [1.807, 2.05) is 4.68 Å². The van der Waals surface area contributed by atoms with Crippen molar-refractivity contribution in [3.05, 3.63) is 12.2 Å². The van der Waals surface area contributed by atoms with Crippen LogP contribution in [0.5, 0.6) is 0 Å². The third-order valence-corrected chi connectivity index (χ3v) is 2.75. The van der Waals surface area contributed by atoms with Crippen LogP contribution in [-0.2, 0) is 6.54 Å². The highest BCUT2D eigenvalue weighted by atomic mass is 16.3. The van der Waals surface area contributed by atoms with Crippen LogP contribution in [0.2, 0.25) is 0 Å². The van der Waals surface area contributed by atoms with Crippen molar-refractivity contribution in [2.24, 2.45) is 0 Å². The molecule has 98 valence electrons. The van der Waals surface area contributed by atoms with Crippen molar-refractivity contribution in [3.63, 3.8) is 0 Å². The Morgan fingerprint density at radius 1 is 1.41 bits per heavy atom. The molecule has 1 rings (SSSR count). The van der Waals surface area contributed by atoms with Gasteiger partial charge in [-0.3, -0.25) is 4.90 Å². The second-order valence-electron chi connectivity index (χ2n) is 4.57. The number of aliphatic hydroxyl groups excluding tert-OH is 1. The molecule has 1 N–H and O–H groups in total. The Morgan fingerprint density at radius 2 is 2.18 bits per heavy atom. The lowest BCUT2D eigenvalue weighted by molar-refractivity contribution is 0.182. The average molecular weight is 240 g/mol. The molecule has 1 aromatic rings. The van der Waals surface area contributed by atoms with E-state index in [1.165, 1.54) is 6.42 Å². The first kappa shape index (κ1) is 14.1. The van der Waals surface area contributed by atoms with E-state index in [-0.39, 0.29) is 6.61 Å². The lowest BCUT2D eigenvalue weighted by atomic mass is 10.3. The van der Waals surface area contributed by atoms with Gasteiger partial charge in [0.1, 0.15) is 12.2 Å². The van der Waals surface area contributed by atoms with Gasteiger partial charge >= 0.3 is 0 Å². The first-order chi connectivity index (χ1) is 8.19. The van der Waals surface area contributed by atoms with E-state index in [9.17, 15) is 0 Å². The molecule has 0 unspecified atom stereocenters. The minimum absolute atomic E-state index is 0.194. The fourth-order valence-corrected chi connectivity index (χ4v) is 1.81. The molecule has 0 bridgehead atoms. The number of unbranched alkanes of at least 4 members (excludes halogenated alkanes) is 1. The lowest BCUT2D eigenvalue weighted by Gasteiger charge is -2.21. The van der Waals surface area contributed by atoms with Crippen LogP contribution in [-0.4, -0.2) is 44.5 Å². The van der Waals surface area contributed by atoms with Crippen molar-refractivity contribution in [2.75, 3.05) is 19.7 Å². The normalized spacial score (nSPS) is 11.6. The molecule has 0 aromatic carbocycles. The van der Waals surface area contributed by atoms with Gasteiger partial charge in [0.05, 0.1) is 13.2 Å². The van der Waals surface area contributed by atoms with Crippen molar-refractivity contribution < 1.29 is 5.11 Å². The van der Waals surface area contributed by atoms with Crippen molar-refractivity contribution in [1.29, 1.82) is 0 Å². The van der Waals surface area contributed by atoms with Crippen LogP contribution in [0.4, 0.5) is 0 Å². The minimum Gasteiger partial charge on any atom is -0.395 e. The molecule has 0 amide bonds. The molecule has 0 spiro atoms. The molecule has 17 heavy (non-hydrogen) atoms. The van der Waals surface area contributed by atoms with Gasteiger partial charge in [0.25, 0.3) is 0 Å². The van der Waals surface area contributed by atoms with E-state index in [4.69, 9.17) is 5.11 Å². The highest BCUT2D eigenvalue weighted by molar-refractivity contribution is 4.86. The predicted octanol–water partition coefficient (Wildman–Crippen LogP) is 1.45. The molecule has 0 aliphatic heterocycles. The van der Waals surface area contributed by atoms with Gasteiger partial charge < -0.3 is 5.11 Å². The SMILES string of the molecule is CCCCN(CCO)Cc1ncnn1C(C)C. The fraction of sp³-hybridized carbons (Fsp3) is 0.833. The van der Waals surface area contributed by atoms with E-state index in [0.29, 0.717) is 12.6 Å². The van der Waals surface area contributed by atoms with Gasteiger partial charge in [0, 0.05) is 12.6 Å². The first-order valence-electron chi connectivity index (χ1n) is 6.40. The van der Waals surface area contributed by atoms with Crippen LogP contribution in [0.3, 0.4) is 0 Å². The molecular weight excluding hydrogens is 216 g/mol. The van der Waals surface area contributed by atoms with Crippen molar-refractivity contribution in [2.45, 2.75) is 46.2 Å². The minimum atomic E-state index is 0.194. The molecule has 5 nitrogen and oxygen atoms in total. The van der Waals surface area contributed by atoms with Gasteiger partial charge in [0.15, 0.2) is 0 Å². The van der Waals surface area contributed by atoms with Crippen LogP contribution < -0.4 is 0 Å². The van der Waals surface area contributed by atoms with Gasteiger partial charge in [-0.05, 0) is 26.8 Å². The Labute approximate surface area is 103 Å². The Balaban J connectivity index is 2.61. The maximum Gasteiger partial charge on any atom is 0.141 e. The molecule has 0 aliphatic rings. The summed E-state index contributed by atoms with van der Waals surface area (Å²) in [7, 11) is 0. The Hall–Kier alpha value is -0.940. The van der Waals surface area contributed by atoms with Crippen LogP contribution in [0.1, 0.15) is 45.5 Å².